The van der Waals surface area contributed by atoms with E-state index in [-0.39, 0.29) is 11.8 Å². The molecule has 0 spiro atoms. The quantitative estimate of drug-likeness (QED) is 0.848. The molecule has 1 amide bonds. The third-order valence-electron chi connectivity index (χ3n) is 5.54. The number of fused-ring (bicyclic) bond motifs is 1. The van der Waals surface area contributed by atoms with E-state index < -0.39 is 0 Å². The third kappa shape index (κ3) is 3.80. The molecule has 7 heteroatoms. The molecule has 148 valence electrons. The first kappa shape index (κ1) is 18.7. The van der Waals surface area contributed by atoms with Crippen molar-refractivity contribution in [3.63, 3.8) is 0 Å². The van der Waals surface area contributed by atoms with Crippen LogP contribution in [0, 0.1) is 0 Å². The van der Waals surface area contributed by atoms with Crippen LogP contribution in [0.2, 0.25) is 0 Å². The molecule has 4 rings (SSSR count). The van der Waals surface area contributed by atoms with E-state index in [2.05, 4.69) is 10.3 Å². The Morgan fingerprint density at radius 2 is 2.14 bits per heavy atom. The van der Waals surface area contributed by atoms with E-state index in [1.165, 1.54) is 5.56 Å². The van der Waals surface area contributed by atoms with Crippen molar-refractivity contribution in [2.45, 2.75) is 31.7 Å². The lowest BCUT2D eigenvalue weighted by Crippen LogP contribution is -2.30. The van der Waals surface area contributed by atoms with E-state index >= 15 is 0 Å². The van der Waals surface area contributed by atoms with Gasteiger partial charge in [0, 0.05) is 56.0 Å². The summed E-state index contributed by atoms with van der Waals surface area (Å²) in [4.78, 5) is 24.1. The van der Waals surface area contributed by atoms with E-state index in [0.717, 1.165) is 49.6 Å². The van der Waals surface area contributed by atoms with Crippen LogP contribution in [-0.2, 0) is 24.2 Å². The maximum absolute atomic E-state index is 12.8. The normalized spacial score (nSPS) is 18.6. The summed E-state index contributed by atoms with van der Waals surface area (Å²) in [5, 5.41) is 3.34. The Labute approximate surface area is 165 Å². The minimum Gasteiger partial charge on any atom is -0.493 e. The molecule has 3 heterocycles. The number of carbonyl (C=O) groups is 1. The van der Waals surface area contributed by atoms with Crippen molar-refractivity contribution in [1.29, 1.82) is 0 Å². The first-order chi connectivity index (χ1) is 13.7. The molecule has 28 heavy (non-hydrogen) atoms. The topological polar surface area (TPSA) is 76.6 Å². The summed E-state index contributed by atoms with van der Waals surface area (Å²) in [6, 6.07) is 5.61. The number of likely N-dealkylation sites (tertiary alicyclic amines) is 1. The van der Waals surface area contributed by atoms with Crippen LogP contribution in [0.3, 0.4) is 0 Å². The molecule has 0 saturated carbocycles. The Bertz CT molecular complexity index is 871. The van der Waals surface area contributed by atoms with Gasteiger partial charge in [-0.05, 0) is 24.1 Å². The minimum atomic E-state index is 0.122. The molecule has 0 aliphatic carbocycles. The zero-order chi connectivity index (χ0) is 19.5. The van der Waals surface area contributed by atoms with Gasteiger partial charge in [-0.25, -0.2) is 9.97 Å². The second-order valence-corrected chi connectivity index (χ2v) is 7.32. The number of carbonyl (C=O) groups excluding carboxylic acids is 1. The number of nitrogens with one attached hydrogen (secondary N) is 1. The van der Waals surface area contributed by atoms with E-state index in [1.54, 1.807) is 14.2 Å². The van der Waals surface area contributed by atoms with Crippen molar-refractivity contribution >= 4 is 5.91 Å². The molecule has 2 aromatic rings. The molecule has 1 atom stereocenters. The smallest absolute Gasteiger partial charge is 0.227 e. The summed E-state index contributed by atoms with van der Waals surface area (Å²) in [5.41, 5.74) is 3.26. The highest BCUT2D eigenvalue weighted by atomic mass is 16.5. The van der Waals surface area contributed by atoms with Crippen molar-refractivity contribution in [2.24, 2.45) is 0 Å². The third-order valence-corrected chi connectivity index (χ3v) is 5.54. The van der Waals surface area contributed by atoms with Crippen LogP contribution in [0.25, 0.3) is 0 Å². The monoisotopic (exact) mass is 382 g/mol. The number of aromatic nitrogens is 2. The molecule has 1 N–H and O–H groups in total. The fourth-order valence-corrected chi connectivity index (χ4v) is 3.92. The molecule has 0 unspecified atom stereocenters. The Balaban J connectivity index is 1.40. The van der Waals surface area contributed by atoms with Crippen molar-refractivity contribution < 1.29 is 14.3 Å². The lowest BCUT2D eigenvalue weighted by atomic mass is 10.1. The highest BCUT2D eigenvalue weighted by Gasteiger charge is 2.29. The first-order valence-electron chi connectivity index (χ1n) is 9.72. The lowest BCUT2D eigenvalue weighted by Gasteiger charge is -2.19. The van der Waals surface area contributed by atoms with Gasteiger partial charge in [0.2, 0.25) is 5.91 Å². The lowest BCUT2D eigenvalue weighted by molar-refractivity contribution is -0.129. The van der Waals surface area contributed by atoms with Crippen LogP contribution in [0.15, 0.2) is 24.4 Å². The zero-order valence-corrected chi connectivity index (χ0v) is 16.4. The fraction of sp³-hybridized carbons (Fsp3) is 0.476. The summed E-state index contributed by atoms with van der Waals surface area (Å²) in [7, 11) is 3.20. The largest absolute Gasteiger partial charge is 0.493 e. The first-order valence-corrected chi connectivity index (χ1v) is 9.72. The second kappa shape index (κ2) is 8.14. The minimum absolute atomic E-state index is 0.122. The zero-order valence-electron chi connectivity index (χ0n) is 16.4. The Kier molecular flexibility index (Phi) is 5.43. The molecule has 0 radical (unpaired) electrons. The van der Waals surface area contributed by atoms with Crippen molar-refractivity contribution in [2.75, 3.05) is 33.9 Å². The second-order valence-electron chi connectivity index (χ2n) is 7.32. The summed E-state index contributed by atoms with van der Waals surface area (Å²) < 4.78 is 10.6. The van der Waals surface area contributed by atoms with Crippen LogP contribution in [0.4, 0.5) is 0 Å². The molecular weight excluding hydrogens is 356 g/mol. The van der Waals surface area contributed by atoms with E-state index in [4.69, 9.17) is 14.5 Å². The van der Waals surface area contributed by atoms with Gasteiger partial charge in [0.15, 0.2) is 11.5 Å². The van der Waals surface area contributed by atoms with Gasteiger partial charge in [0.05, 0.1) is 20.6 Å². The van der Waals surface area contributed by atoms with Crippen LogP contribution in [-0.4, -0.2) is 54.6 Å². The van der Waals surface area contributed by atoms with Crippen LogP contribution < -0.4 is 14.8 Å². The van der Waals surface area contributed by atoms with Gasteiger partial charge in [-0.15, -0.1) is 0 Å². The van der Waals surface area contributed by atoms with Gasteiger partial charge in [0.25, 0.3) is 0 Å². The van der Waals surface area contributed by atoms with E-state index in [0.29, 0.717) is 24.5 Å². The maximum Gasteiger partial charge on any atom is 0.227 e. The molecule has 1 aromatic carbocycles. The standard InChI is InChI=1S/C21H26N4O3/c1-27-18-4-3-14(9-19(18)28-2)10-20(26)25-8-6-15(13-25)21-23-12-16-11-22-7-5-17(16)24-21/h3-4,9,12,15,22H,5-8,10-11,13H2,1-2H3/t15-/m0/s1. The molecule has 1 fully saturated rings. The highest BCUT2D eigenvalue weighted by Crippen LogP contribution is 2.29. The number of benzene rings is 1. The fourth-order valence-electron chi connectivity index (χ4n) is 3.92. The molecule has 1 saturated heterocycles. The van der Waals surface area contributed by atoms with Gasteiger partial charge in [-0.3, -0.25) is 4.79 Å². The number of nitrogens with zero attached hydrogens (tertiary/aromatic N) is 3. The molecule has 0 bridgehead atoms. The van der Waals surface area contributed by atoms with Crippen molar-refractivity contribution in [3.8, 4) is 11.5 Å². The molecule has 7 nitrogen and oxygen atoms in total. The Hall–Kier alpha value is -2.67. The summed E-state index contributed by atoms with van der Waals surface area (Å²) >= 11 is 0. The Morgan fingerprint density at radius 3 is 2.96 bits per heavy atom. The van der Waals surface area contributed by atoms with Crippen LogP contribution in [0.1, 0.15) is 35.0 Å². The van der Waals surface area contributed by atoms with Gasteiger partial charge in [-0.2, -0.15) is 0 Å². The Morgan fingerprint density at radius 1 is 1.29 bits per heavy atom. The maximum atomic E-state index is 12.8. The van der Waals surface area contributed by atoms with Crippen LogP contribution in [0.5, 0.6) is 11.5 Å². The molecule has 2 aliphatic heterocycles. The number of amides is 1. The predicted molar refractivity (Wildman–Crippen MR) is 105 cm³/mol. The highest BCUT2D eigenvalue weighted by molar-refractivity contribution is 5.79. The van der Waals surface area contributed by atoms with E-state index in [9.17, 15) is 4.79 Å². The van der Waals surface area contributed by atoms with Crippen LogP contribution >= 0.6 is 0 Å². The number of hydrogen-bond acceptors (Lipinski definition) is 6. The van der Waals surface area contributed by atoms with Crippen molar-refractivity contribution in [3.05, 3.63) is 47.0 Å². The predicted octanol–water partition coefficient (Wildman–Crippen LogP) is 1.70. The van der Waals surface area contributed by atoms with Gasteiger partial charge < -0.3 is 19.7 Å². The number of ether oxygens (including phenoxy) is 2. The summed E-state index contributed by atoms with van der Waals surface area (Å²) in [6.07, 6.45) is 4.15. The molecule has 2 aliphatic rings. The SMILES string of the molecule is COc1ccc(CC(=O)N2CC[C@H](c3ncc4c(n3)CCNC4)C2)cc1OC. The summed E-state index contributed by atoms with van der Waals surface area (Å²) in [6.45, 7) is 3.24. The number of methoxy groups -OCH3 is 2. The van der Waals surface area contributed by atoms with E-state index in [1.807, 2.05) is 29.3 Å². The molecule has 1 aromatic heterocycles. The van der Waals surface area contributed by atoms with Gasteiger partial charge in [0.1, 0.15) is 5.82 Å². The number of rotatable bonds is 5. The number of hydrogen-bond donors (Lipinski definition) is 1. The van der Waals surface area contributed by atoms with Crippen molar-refractivity contribution in [1.82, 2.24) is 20.2 Å². The average molecular weight is 382 g/mol. The average Bonchev–Trinajstić information content (AvgIpc) is 3.24. The summed E-state index contributed by atoms with van der Waals surface area (Å²) in [5.74, 6) is 2.53. The van der Waals surface area contributed by atoms with Gasteiger partial charge >= 0.3 is 0 Å². The molecular formula is C21H26N4O3. The van der Waals surface area contributed by atoms with Gasteiger partial charge in [-0.1, -0.05) is 6.07 Å².